The molecule has 20 heavy (non-hydrogen) atoms. The quantitative estimate of drug-likeness (QED) is 0.926. The molecule has 108 valence electrons. The molecule has 1 aromatic carbocycles. The van der Waals surface area contributed by atoms with E-state index in [4.69, 9.17) is 4.74 Å². The van der Waals surface area contributed by atoms with Gasteiger partial charge in [-0.3, -0.25) is 4.68 Å². The van der Waals surface area contributed by atoms with Crippen molar-refractivity contribution in [2.45, 2.75) is 33.7 Å². The van der Waals surface area contributed by atoms with Crippen LogP contribution in [-0.4, -0.2) is 16.9 Å². The summed E-state index contributed by atoms with van der Waals surface area (Å²) < 4.78 is 7.39. The molecule has 4 nitrogen and oxygen atoms in total. The number of aryl methyl sites for hydroxylation is 3. The molecule has 2 rings (SSSR count). The summed E-state index contributed by atoms with van der Waals surface area (Å²) in [5.41, 5.74) is 5.61. The highest BCUT2D eigenvalue weighted by molar-refractivity contribution is 5.54. The molecule has 1 unspecified atom stereocenters. The van der Waals surface area contributed by atoms with Crippen LogP contribution in [0.3, 0.4) is 0 Å². The molecule has 0 radical (unpaired) electrons. The Balaban J connectivity index is 2.30. The fraction of sp³-hybridized carbons (Fsp3) is 0.438. The zero-order chi connectivity index (χ0) is 14.9. The van der Waals surface area contributed by atoms with Crippen molar-refractivity contribution in [3.8, 4) is 5.75 Å². The van der Waals surface area contributed by atoms with Crippen molar-refractivity contribution in [1.82, 2.24) is 9.78 Å². The van der Waals surface area contributed by atoms with Crippen molar-refractivity contribution in [3.05, 3.63) is 40.7 Å². The van der Waals surface area contributed by atoms with Crippen molar-refractivity contribution in [3.63, 3.8) is 0 Å². The highest BCUT2D eigenvalue weighted by Crippen LogP contribution is 2.30. The molecule has 0 amide bonds. The van der Waals surface area contributed by atoms with Crippen LogP contribution in [-0.2, 0) is 7.05 Å². The van der Waals surface area contributed by atoms with E-state index in [2.05, 4.69) is 49.4 Å². The monoisotopic (exact) mass is 273 g/mol. The van der Waals surface area contributed by atoms with E-state index < -0.39 is 0 Å². The standard InChI is InChI=1S/C16H23N3O/c1-10-7-8-14(15(9-10)20-6)11(2)17-16-12(3)18-19(5)13(16)4/h7-9,11,17H,1-6H3. The first kappa shape index (κ1) is 14.4. The van der Waals surface area contributed by atoms with Crippen LogP contribution in [0.25, 0.3) is 0 Å². The molecule has 0 spiro atoms. The predicted molar refractivity (Wildman–Crippen MR) is 82.5 cm³/mol. The van der Waals surface area contributed by atoms with E-state index in [0.717, 1.165) is 28.4 Å². The van der Waals surface area contributed by atoms with Gasteiger partial charge in [0.25, 0.3) is 0 Å². The van der Waals surface area contributed by atoms with Crippen molar-refractivity contribution in [2.24, 2.45) is 7.05 Å². The lowest BCUT2D eigenvalue weighted by molar-refractivity contribution is 0.407. The third-order valence-electron chi connectivity index (χ3n) is 3.73. The lowest BCUT2D eigenvalue weighted by atomic mass is 10.0. The number of hydrogen-bond donors (Lipinski definition) is 1. The number of nitrogens with zero attached hydrogens (tertiary/aromatic N) is 2. The summed E-state index contributed by atoms with van der Waals surface area (Å²) in [5.74, 6) is 0.921. The number of rotatable bonds is 4. The number of anilines is 1. The number of aromatic nitrogens is 2. The second-order valence-corrected chi connectivity index (χ2v) is 5.28. The minimum Gasteiger partial charge on any atom is -0.496 e. The largest absolute Gasteiger partial charge is 0.496 e. The summed E-state index contributed by atoms with van der Waals surface area (Å²) in [7, 11) is 3.68. The van der Waals surface area contributed by atoms with Crippen LogP contribution < -0.4 is 10.1 Å². The summed E-state index contributed by atoms with van der Waals surface area (Å²) >= 11 is 0. The van der Waals surface area contributed by atoms with E-state index in [9.17, 15) is 0 Å². The summed E-state index contributed by atoms with van der Waals surface area (Å²) in [6.07, 6.45) is 0. The Morgan fingerprint density at radius 3 is 2.50 bits per heavy atom. The number of ether oxygens (including phenoxy) is 1. The van der Waals surface area contributed by atoms with Crippen molar-refractivity contribution in [1.29, 1.82) is 0 Å². The van der Waals surface area contributed by atoms with Crippen LogP contribution in [0.2, 0.25) is 0 Å². The molecule has 0 aliphatic carbocycles. The van der Waals surface area contributed by atoms with E-state index in [0.29, 0.717) is 0 Å². The molecule has 2 aromatic rings. The van der Waals surface area contributed by atoms with E-state index in [1.807, 2.05) is 18.7 Å². The topological polar surface area (TPSA) is 39.1 Å². The Bertz CT molecular complexity index is 616. The van der Waals surface area contributed by atoms with Gasteiger partial charge in [0.1, 0.15) is 5.75 Å². The first-order valence-corrected chi connectivity index (χ1v) is 6.85. The third-order valence-corrected chi connectivity index (χ3v) is 3.73. The molecule has 1 atom stereocenters. The lowest BCUT2D eigenvalue weighted by Gasteiger charge is -2.19. The lowest BCUT2D eigenvalue weighted by Crippen LogP contribution is -2.09. The average Bonchev–Trinajstić information content (AvgIpc) is 2.65. The van der Waals surface area contributed by atoms with E-state index in [-0.39, 0.29) is 6.04 Å². The van der Waals surface area contributed by atoms with Crippen molar-refractivity contribution >= 4 is 5.69 Å². The van der Waals surface area contributed by atoms with Gasteiger partial charge in [0.2, 0.25) is 0 Å². The Morgan fingerprint density at radius 2 is 1.95 bits per heavy atom. The maximum atomic E-state index is 5.49. The molecule has 1 aromatic heterocycles. The Kier molecular flexibility index (Phi) is 4.02. The van der Waals surface area contributed by atoms with Gasteiger partial charge in [0.15, 0.2) is 0 Å². The molecule has 0 aliphatic rings. The molecule has 0 aliphatic heterocycles. The molecular formula is C16H23N3O. The van der Waals surface area contributed by atoms with Gasteiger partial charge in [-0.2, -0.15) is 5.10 Å². The Morgan fingerprint density at radius 1 is 1.25 bits per heavy atom. The molecular weight excluding hydrogens is 250 g/mol. The molecule has 1 heterocycles. The fourth-order valence-corrected chi connectivity index (χ4v) is 2.45. The van der Waals surface area contributed by atoms with E-state index >= 15 is 0 Å². The SMILES string of the molecule is COc1cc(C)ccc1C(C)Nc1c(C)nn(C)c1C. The zero-order valence-electron chi connectivity index (χ0n) is 13.1. The molecule has 0 saturated heterocycles. The maximum Gasteiger partial charge on any atom is 0.124 e. The van der Waals surface area contributed by atoms with Gasteiger partial charge in [-0.1, -0.05) is 12.1 Å². The molecule has 4 heteroatoms. The Hall–Kier alpha value is -1.97. The molecule has 1 N–H and O–H groups in total. The number of methoxy groups -OCH3 is 1. The van der Waals surface area contributed by atoms with Gasteiger partial charge in [-0.25, -0.2) is 0 Å². The summed E-state index contributed by atoms with van der Waals surface area (Å²) in [4.78, 5) is 0. The van der Waals surface area contributed by atoms with Crippen molar-refractivity contribution < 1.29 is 4.74 Å². The molecule has 0 saturated carbocycles. The Labute approximate surface area is 120 Å². The summed E-state index contributed by atoms with van der Waals surface area (Å²) in [6.45, 7) is 8.30. The highest BCUT2D eigenvalue weighted by atomic mass is 16.5. The van der Waals surface area contributed by atoms with Crippen LogP contribution in [0, 0.1) is 20.8 Å². The van der Waals surface area contributed by atoms with Crippen LogP contribution in [0.15, 0.2) is 18.2 Å². The molecule has 0 bridgehead atoms. The fourth-order valence-electron chi connectivity index (χ4n) is 2.45. The zero-order valence-corrected chi connectivity index (χ0v) is 13.1. The first-order chi connectivity index (χ1) is 9.43. The predicted octanol–water partition coefficient (Wildman–Crippen LogP) is 3.53. The highest BCUT2D eigenvalue weighted by Gasteiger charge is 2.16. The van der Waals surface area contributed by atoms with Crippen LogP contribution in [0.1, 0.15) is 35.5 Å². The minimum absolute atomic E-state index is 0.159. The van der Waals surface area contributed by atoms with Gasteiger partial charge in [-0.05, 0) is 39.3 Å². The van der Waals surface area contributed by atoms with E-state index in [1.54, 1.807) is 7.11 Å². The maximum absolute atomic E-state index is 5.49. The van der Waals surface area contributed by atoms with Crippen LogP contribution in [0.4, 0.5) is 5.69 Å². The van der Waals surface area contributed by atoms with E-state index in [1.165, 1.54) is 5.56 Å². The summed E-state index contributed by atoms with van der Waals surface area (Å²) in [6, 6.07) is 6.45. The van der Waals surface area contributed by atoms with Crippen LogP contribution in [0.5, 0.6) is 5.75 Å². The number of hydrogen-bond acceptors (Lipinski definition) is 3. The summed E-state index contributed by atoms with van der Waals surface area (Å²) in [5, 5.41) is 7.98. The second-order valence-electron chi connectivity index (χ2n) is 5.28. The van der Waals surface area contributed by atoms with Gasteiger partial charge < -0.3 is 10.1 Å². The van der Waals surface area contributed by atoms with Crippen molar-refractivity contribution in [2.75, 3.05) is 12.4 Å². The number of nitrogens with one attached hydrogen (secondary N) is 1. The number of benzene rings is 1. The smallest absolute Gasteiger partial charge is 0.124 e. The van der Waals surface area contributed by atoms with Crippen LogP contribution >= 0.6 is 0 Å². The van der Waals surface area contributed by atoms with Gasteiger partial charge in [-0.15, -0.1) is 0 Å². The second kappa shape index (κ2) is 5.57. The molecule has 0 fully saturated rings. The van der Waals surface area contributed by atoms with Gasteiger partial charge in [0, 0.05) is 12.6 Å². The van der Waals surface area contributed by atoms with Gasteiger partial charge >= 0.3 is 0 Å². The third kappa shape index (κ3) is 2.64. The first-order valence-electron chi connectivity index (χ1n) is 6.85. The van der Waals surface area contributed by atoms with Gasteiger partial charge in [0.05, 0.1) is 30.2 Å². The minimum atomic E-state index is 0.159. The average molecular weight is 273 g/mol. The normalized spacial score (nSPS) is 12.3.